The first-order valence-corrected chi connectivity index (χ1v) is 10.6. The van der Waals surface area contributed by atoms with Crippen molar-refractivity contribution in [2.75, 3.05) is 20.6 Å². The lowest BCUT2D eigenvalue weighted by Gasteiger charge is -2.27. The van der Waals surface area contributed by atoms with E-state index >= 15 is 0 Å². The molecule has 29 heavy (non-hydrogen) atoms. The summed E-state index contributed by atoms with van der Waals surface area (Å²) >= 11 is 1.71. The summed E-state index contributed by atoms with van der Waals surface area (Å²) in [7, 11) is 3.50. The van der Waals surface area contributed by atoms with E-state index < -0.39 is 0 Å². The number of hydrogen-bond acceptors (Lipinski definition) is 4. The predicted molar refractivity (Wildman–Crippen MR) is 130 cm³/mol. The minimum absolute atomic E-state index is 0. The van der Waals surface area contributed by atoms with Crippen molar-refractivity contribution in [2.45, 2.75) is 45.2 Å². The van der Waals surface area contributed by atoms with Crippen molar-refractivity contribution < 1.29 is 4.79 Å². The summed E-state index contributed by atoms with van der Waals surface area (Å²) in [6, 6.07) is 8.91. The number of amides is 1. The average Bonchev–Trinajstić information content (AvgIpc) is 3.17. The molecule has 0 saturated heterocycles. The number of carbonyl (C=O) groups excluding carboxylic acids is 1. The van der Waals surface area contributed by atoms with Crippen molar-refractivity contribution in [3.05, 3.63) is 51.5 Å². The first-order valence-electron chi connectivity index (χ1n) is 9.80. The van der Waals surface area contributed by atoms with Crippen LogP contribution in [0, 0.1) is 0 Å². The second kappa shape index (κ2) is 11.5. The van der Waals surface area contributed by atoms with Gasteiger partial charge in [-0.3, -0.25) is 4.79 Å². The maximum atomic E-state index is 12.0. The van der Waals surface area contributed by atoms with E-state index in [1.165, 1.54) is 16.0 Å². The fourth-order valence-electron chi connectivity index (χ4n) is 3.21. The summed E-state index contributed by atoms with van der Waals surface area (Å²) < 4.78 is 0. The molecule has 2 N–H and O–H groups in total. The van der Waals surface area contributed by atoms with E-state index in [2.05, 4.69) is 51.8 Å². The van der Waals surface area contributed by atoms with Crippen LogP contribution in [-0.4, -0.2) is 48.4 Å². The molecule has 1 aromatic carbocycles. The molecule has 2 aromatic rings. The number of guanidine groups is 1. The van der Waals surface area contributed by atoms with Gasteiger partial charge in [0.2, 0.25) is 5.91 Å². The normalized spacial score (nSPS) is 15.8. The number of thiazole rings is 1. The number of rotatable bonds is 6. The Morgan fingerprint density at radius 1 is 1.31 bits per heavy atom. The van der Waals surface area contributed by atoms with Gasteiger partial charge in [0, 0.05) is 31.2 Å². The lowest BCUT2D eigenvalue weighted by atomic mass is 9.88. The van der Waals surface area contributed by atoms with E-state index in [1.54, 1.807) is 30.3 Å². The Labute approximate surface area is 194 Å². The standard InChI is InChI=1S/C21H29N5OS.HI/c1-4-18-12-22-19(28-18)13-23-21(24-14-20(27)26(2)3)25-17-10-9-15-7-5-6-8-16(15)11-17;/h5-8,12,17H,4,9-11,13-14H2,1-3H3,(H2,23,24,25);1H. The Hall–Kier alpha value is -1.68. The van der Waals surface area contributed by atoms with Gasteiger partial charge in [-0.15, -0.1) is 35.3 Å². The SMILES string of the molecule is CCc1cnc(CNC(=NCC(=O)N(C)C)NC2CCc3ccccc3C2)s1.I. The fourth-order valence-corrected chi connectivity index (χ4v) is 4.01. The van der Waals surface area contributed by atoms with Crippen LogP contribution >= 0.6 is 35.3 Å². The zero-order chi connectivity index (χ0) is 19.9. The van der Waals surface area contributed by atoms with Crippen LogP contribution in [-0.2, 0) is 30.6 Å². The molecule has 1 aliphatic carbocycles. The molecule has 1 amide bonds. The van der Waals surface area contributed by atoms with E-state index in [1.807, 2.05) is 6.20 Å². The number of carbonyl (C=O) groups is 1. The molecular formula is C21H30IN5OS. The van der Waals surface area contributed by atoms with Crippen molar-refractivity contribution >= 4 is 47.2 Å². The fraction of sp³-hybridized carbons (Fsp3) is 0.476. The van der Waals surface area contributed by atoms with Crippen molar-refractivity contribution in [3.8, 4) is 0 Å². The first kappa shape index (κ1) is 23.6. The van der Waals surface area contributed by atoms with Crippen LogP contribution in [0.4, 0.5) is 0 Å². The van der Waals surface area contributed by atoms with Crippen LogP contribution in [0.1, 0.15) is 34.4 Å². The van der Waals surface area contributed by atoms with Gasteiger partial charge in [-0.2, -0.15) is 0 Å². The third-order valence-electron chi connectivity index (χ3n) is 4.92. The Morgan fingerprint density at radius 2 is 2.07 bits per heavy atom. The van der Waals surface area contributed by atoms with Crippen molar-refractivity contribution in [1.29, 1.82) is 0 Å². The number of likely N-dealkylation sites (N-methyl/N-ethyl adjacent to an activating group) is 1. The number of benzene rings is 1. The zero-order valence-electron chi connectivity index (χ0n) is 17.3. The molecule has 0 bridgehead atoms. The molecule has 1 heterocycles. The summed E-state index contributed by atoms with van der Waals surface area (Å²) in [5.41, 5.74) is 2.83. The van der Waals surface area contributed by atoms with Gasteiger partial charge in [0.1, 0.15) is 11.6 Å². The molecule has 0 saturated carbocycles. The second-order valence-corrected chi connectivity index (χ2v) is 8.43. The quantitative estimate of drug-likeness (QED) is 0.345. The molecule has 1 unspecified atom stereocenters. The Bertz CT molecular complexity index is 836. The van der Waals surface area contributed by atoms with Gasteiger partial charge >= 0.3 is 0 Å². The molecule has 6 nitrogen and oxygen atoms in total. The number of nitrogens with one attached hydrogen (secondary N) is 2. The molecule has 158 valence electrons. The highest BCUT2D eigenvalue weighted by Crippen LogP contribution is 2.21. The van der Waals surface area contributed by atoms with Crippen LogP contribution in [0.3, 0.4) is 0 Å². The van der Waals surface area contributed by atoms with E-state index in [0.717, 1.165) is 30.7 Å². The number of halogens is 1. The monoisotopic (exact) mass is 527 g/mol. The summed E-state index contributed by atoms with van der Waals surface area (Å²) in [4.78, 5) is 23.8. The number of aryl methyl sites for hydroxylation is 2. The molecule has 3 rings (SSSR count). The summed E-state index contributed by atoms with van der Waals surface area (Å²) in [5, 5.41) is 7.91. The minimum Gasteiger partial charge on any atom is -0.353 e. The molecule has 1 atom stereocenters. The van der Waals surface area contributed by atoms with Crippen LogP contribution in [0.25, 0.3) is 0 Å². The van der Waals surface area contributed by atoms with Crippen LogP contribution < -0.4 is 10.6 Å². The van der Waals surface area contributed by atoms with Crippen molar-refractivity contribution in [1.82, 2.24) is 20.5 Å². The summed E-state index contributed by atoms with van der Waals surface area (Å²) in [5.74, 6) is 0.658. The Kier molecular flexibility index (Phi) is 9.35. The van der Waals surface area contributed by atoms with Crippen molar-refractivity contribution in [3.63, 3.8) is 0 Å². The van der Waals surface area contributed by atoms with Gasteiger partial charge in [0.25, 0.3) is 0 Å². The molecule has 8 heteroatoms. The van der Waals surface area contributed by atoms with Gasteiger partial charge in [0.05, 0.1) is 6.54 Å². The number of hydrogen-bond donors (Lipinski definition) is 2. The molecule has 0 fully saturated rings. The van der Waals surface area contributed by atoms with Gasteiger partial charge < -0.3 is 15.5 Å². The van der Waals surface area contributed by atoms with Gasteiger partial charge in [-0.05, 0) is 36.8 Å². The predicted octanol–water partition coefficient (Wildman–Crippen LogP) is 3.00. The van der Waals surface area contributed by atoms with Crippen LogP contribution in [0.5, 0.6) is 0 Å². The lowest BCUT2D eigenvalue weighted by molar-refractivity contribution is -0.127. The topological polar surface area (TPSA) is 69.6 Å². The minimum atomic E-state index is -0.0161. The Morgan fingerprint density at radius 3 is 2.76 bits per heavy atom. The number of nitrogens with zero attached hydrogens (tertiary/aromatic N) is 3. The summed E-state index contributed by atoms with van der Waals surface area (Å²) in [6.45, 7) is 2.87. The van der Waals surface area contributed by atoms with Gasteiger partial charge in [-0.25, -0.2) is 9.98 Å². The maximum absolute atomic E-state index is 12.0. The van der Waals surface area contributed by atoms with Crippen LogP contribution in [0.15, 0.2) is 35.5 Å². The third kappa shape index (κ3) is 6.95. The smallest absolute Gasteiger partial charge is 0.243 e. The highest BCUT2D eigenvalue weighted by molar-refractivity contribution is 14.0. The highest BCUT2D eigenvalue weighted by Gasteiger charge is 2.19. The van der Waals surface area contributed by atoms with E-state index in [4.69, 9.17) is 0 Å². The highest BCUT2D eigenvalue weighted by atomic mass is 127. The first-order chi connectivity index (χ1) is 13.5. The molecule has 1 aromatic heterocycles. The molecule has 1 aliphatic rings. The van der Waals surface area contributed by atoms with E-state index in [0.29, 0.717) is 18.5 Å². The largest absolute Gasteiger partial charge is 0.353 e. The zero-order valence-corrected chi connectivity index (χ0v) is 20.4. The third-order valence-corrected chi connectivity index (χ3v) is 6.06. The molecular weight excluding hydrogens is 497 g/mol. The summed E-state index contributed by atoms with van der Waals surface area (Å²) in [6.07, 6.45) is 6.01. The molecule has 0 radical (unpaired) electrons. The molecule has 0 aliphatic heterocycles. The lowest BCUT2D eigenvalue weighted by Crippen LogP contribution is -2.46. The number of aromatic nitrogens is 1. The van der Waals surface area contributed by atoms with Crippen LogP contribution in [0.2, 0.25) is 0 Å². The van der Waals surface area contributed by atoms with E-state index in [9.17, 15) is 4.79 Å². The van der Waals surface area contributed by atoms with Gasteiger partial charge in [-0.1, -0.05) is 31.2 Å². The van der Waals surface area contributed by atoms with Gasteiger partial charge in [0.15, 0.2) is 5.96 Å². The second-order valence-electron chi connectivity index (χ2n) is 7.23. The molecule has 0 spiro atoms. The average molecular weight is 527 g/mol. The number of fused-ring (bicyclic) bond motifs is 1. The Balaban J connectivity index is 0.00000300. The van der Waals surface area contributed by atoms with Crippen molar-refractivity contribution in [2.24, 2.45) is 4.99 Å². The number of aliphatic imine (C=N–C) groups is 1. The maximum Gasteiger partial charge on any atom is 0.243 e. The van der Waals surface area contributed by atoms with E-state index in [-0.39, 0.29) is 36.4 Å².